The minimum atomic E-state index is 0.304. The first-order valence-corrected chi connectivity index (χ1v) is 9.13. The molecule has 1 aliphatic heterocycles. The SMILES string of the molecule is C[C@H]1COc2ccc(-c3cccnc3)cc2CN1Cc1ccc(Br)o1. The van der Waals surface area contributed by atoms with E-state index in [0.717, 1.165) is 40.4 Å². The average Bonchev–Trinajstić information content (AvgIpc) is 2.98. The maximum absolute atomic E-state index is 6.03. The highest BCUT2D eigenvalue weighted by molar-refractivity contribution is 9.10. The van der Waals surface area contributed by atoms with E-state index < -0.39 is 0 Å². The van der Waals surface area contributed by atoms with Crippen LogP contribution in [0.5, 0.6) is 5.75 Å². The predicted octanol–water partition coefficient (Wildman–Crippen LogP) is 4.89. The van der Waals surface area contributed by atoms with Gasteiger partial charge < -0.3 is 9.15 Å². The molecule has 5 heteroatoms. The molecule has 2 aromatic heterocycles. The van der Waals surface area contributed by atoms with E-state index in [1.165, 1.54) is 5.56 Å². The van der Waals surface area contributed by atoms with Crippen LogP contribution < -0.4 is 4.74 Å². The van der Waals surface area contributed by atoms with E-state index in [4.69, 9.17) is 9.15 Å². The fraction of sp³-hybridized carbons (Fsp3) is 0.250. The van der Waals surface area contributed by atoms with E-state index in [1.54, 1.807) is 6.20 Å². The van der Waals surface area contributed by atoms with Crippen LogP contribution in [0.15, 0.2) is 63.9 Å². The lowest BCUT2D eigenvalue weighted by molar-refractivity contribution is 0.141. The maximum atomic E-state index is 6.03. The third kappa shape index (κ3) is 3.62. The first-order chi connectivity index (χ1) is 12.2. The zero-order chi connectivity index (χ0) is 17.2. The van der Waals surface area contributed by atoms with Crippen molar-refractivity contribution in [3.8, 4) is 16.9 Å². The molecule has 3 heterocycles. The summed E-state index contributed by atoms with van der Waals surface area (Å²) < 4.78 is 12.5. The summed E-state index contributed by atoms with van der Waals surface area (Å²) >= 11 is 3.37. The summed E-state index contributed by atoms with van der Waals surface area (Å²) in [6.45, 7) is 4.43. The Morgan fingerprint density at radius 1 is 1.20 bits per heavy atom. The quantitative estimate of drug-likeness (QED) is 0.629. The first kappa shape index (κ1) is 16.4. The molecule has 0 spiro atoms. The molecule has 1 atom stereocenters. The van der Waals surface area contributed by atoms with Crippen molar-refractivity contribution in [2.75, 3.05) is 6.61 Å². The largest absolute Gasteiger partial charge is 0.492 e. The van der Waals surface area contributed by atoms with Gasteiger partial charge in [0.05, 0.1) is 6.54 Å². The van der Waals surface area contributed by atoms with Crippen LogP contribution in [0.3, 0.4) is 0 Å². The van der Waals surface area contributed by atoms with Crippen LogP contribution in [-0.2, 0) is 13.1 Å². The smallest absolute Gasteiger partial charge is 0.169 e. The van der Waals surface area contributed by atoms with Gasteiger partial charge in [-0.25, -0.2) is 0 Å². The second-order valence-corrected chi connectivity index (χ2v) is 7.12. The third-order valence-electron chi connectivity index (χ3n) is 4.52. The van der Waals surface area contributed by atoms with Gasteiger partial charge in [0.1, 0.15) is 18.1 Å². The van der Waals surface area contributed by atoms with E-state index in [-0.39, 0.29) is 0 Å². The molecule has 0 aliphatic carbocycles. The average molecular weight is 399 g/mol. The molecule has 4 rings (SSSR count). The summed E-state index contributed by atoms with van der Waals surface area (Å²) in [6, 6.07) is 14.6. The lowest BCUT2D eigenvalue weighted by Crippen LogP contribution is -2.34. The molecule has 0 saturated carbocycles. The summed E-state index contributed by atoms with van der Waals surface area (Å²) in [5.41, 5.74) is 3.46. The second-order valence-electron chi connectivity index (χ2n) is 6.34. The van der Waals surface area contributed by atoms with Crippen molar-refractivity contribution in [1.82, 2.24) is 9.88 Å². The molecular weight excluding hydrogens is 380 g/mol. The van der Waals surface area contributed by atoms with Crippen LogP contribution in [0, 0.1) is 0 Å². The van der Waals surface area contributed by atoms with E-state index in [2.05, 4.69) is 57.0 Å². The number of hydrogen-bond donors (Lipinski definition) is 0. The van der Waals surface area contributed by atoms with E-state index in [9.17, 15) is 0 Å². The van der Waals surface area contributed by atoms with Crippen molar-refractivity contribution in [2.45, 2.75) is 26.1 Å². The van der Waals surface area contributed by atoms with E-state index >= 15 is 0 Å². The fourth-order valence-corrected chi connectivity index (χ4v) is 3.44. The highest BCUT2D eigenvalue weighted by atomic mass is 79.9. The lowest BCUT2D eigenvalue weighted by atomic mass is 10.0. The first-order valence-electron chi connectivity index (χ1n) is 8.33. The van der Waals surface area contributed by atoms with Gasteiger partial charge in [0.25, 0.3) is 0 Å². The molecule has 4 nitrogen and oxygen atoms in total. The van der Waals surface area contributed by atoms with Crippen molar-refractivity contribution in [3.05, 3.63) is 70.9 Å². The van der Waals surface area contributed by atoms with Gasteiger partial charge in [0, 0.05) is 36.1 Å². The predicted molar refractivity (Wildman–Crippen MR) is 100 cm³/mol. The zero-order valence-corrected chi connectivity index (χ0v) is 15.6. The Kier molecular flexibility index (Phi) is 4.59. The Morgan fingerprint density at radius 2 is 2.12 bits per heavy atom. The highest BCUT2D eigenvalue weighted by Gasteiger charge is 2.23. The van der Waals surface area contributed by atoms with Crippen molar-refractivity contribution < 1.29 is 9.15 Å². The number of fused-ring (bicyclic) bond motifs is 1. The third-order valence-corrected chi connectivity index (χ3v) is 4.95. The Bertz CT molecular complexity index is 863. The Labute approximate surface area is 155 Å². The Balaban J connectivity index is 1.62. The summed E-state index contributed by atoms with van der Waals surface area (Å²) in [5, 5.41) is 0. The molecule has 0 radical (unpaired) electrons. The Hall–Kier alpha value is -2.11. The molecule has 1 aromatic carbocycles. The van der Waals surface area contributed by atoms with Crippen LogP contribution in [0.25, 0.3) is 11.1 Å². The van der Waals surface area contributed by atoms with Crippen LogP contribution in [-0.4, -0.2) is 22.5 Å². The van der Waals surface area contributed by atoms with Gasteiger partial charge in [-0.15, -0.1) is 0 Å². The van der Waals surface area contributed by atoms with Gasteiger partial charge >= 0.3 is 0 Å². The van der Waals surface area contributed by atoms with Gasteiger partial charge in [-0.1, -0.05) is 12.1 Å². The number of furan rings is 1. The van der Waals surface area contributed by atoms with Crippen molar-refractivity contribution in [1.29, 1.82) is 0 Å². The number of nitrogens with zero attached hydrogens (tertiary/aromatic N) is 2. The monoisotopic (exact) mass is 398 g/mol. The highest BCUT2D eigenvalue weighted by Crippen LogP contribution is 2.31. The molecule has 0 saturated heterocycles. The van der Waals surface area contributed by atoms with Crippen LogP contribution in [0.1, 0.15) is 18.2 Å². The zero-order valence-electron chi connectivity index (χ0n) is 14.0. The summed E-state index contributed by atoms with van der Waals surface area (Å²) in [7, 11) is 0. The van der Waals surface area contributed by atoms with E-state index in [1.807, 2.05) is 24.4 Å². The van der Waals surface area contributed by atoms with Crippen molar-refractivity contribution in [2.24, 2.45) is 0 Å². The van der Waals surface area contributed by atoms with Gasteiger partial charge in [-0.3, -0.25) is 9.88 Å². The van der Waals surface area contributed by atoms with Crippen molar-refractivity contribution in [3.63, 3.8) is 0 Å². The van der Waals surface area contributed by atoms with Gasteiger partial charge in [-0.05, 0) is 58.7 Å². The minimum Gasteiger partial charge on any atom is -0.492 e. The van der Waals surface area contributed by atoms with Crippen LogP contribution in [0.2, 0.25) is 0 Å². The summed E-state index contributed by atoms with van der Waals surface area (Å²) in [6.07, 6.45) is 3.68. The molecule has 1 aliphatic rings. The molecule has 0 bridgehead atoms. The van der Waals surface area contributed by atoms with E-state index in [0.29, 0.717) is 12.6 Å². The molecule has 25 heavy (non-hydrogen) atoms. The molecule has 3 aromatic rings. The Morgan fingerprint density at radius 3 is 2.88 bits per heavy atom. The normalized spacial score (nSPS) is 17.6. The minimum absolute atomic E-state index is 0.304. The van der Waals surface area contributed by atoms with Gasteiger partial charge in [-0.2, -0.15) is 0 Å². The maximum Gasteiger partial charge on any atom is 0.169 e. The van der Waals surface area contributed by atoms with Gasteiger partial charge in [0.15, 0.2) is 4.67 Å². The number of rotatable bonds is 3. The molecule has 128 valence electrons. The fourth-order valence-electron chi connectivity index (χ4n) is 3.10. The standard InChI is InChI=1S/C20H19BrN2O2/c1-14-13-24-19-6-4-15(16-3-2-8-22-10-16)9-17(19)11-23(14)12-18-5-7-20(21)25-18/h2-10,14H,11-13H2,1H3/t14-/m0/s1. The summed E-state index contributed by atoms with van der Waals surface area (Å²) in [5.74, 6) is 1.91. The van der Waals surface area contributed by atoms with Crippen LogP contribution >= 0.6 is 15.9 Å². The number of halogens is 1. The number of hydrogen-bond acceptors (Lipinski definition) is 4. The number of aromatic nitrogens is 1. The molecular formula is C20H19BrN2O2. The van der Waals surface area contributed by atoms with Crippen molar-refractivity contribution >= 4 is 15.9 Å². The summed E-state index contributed by atoms with van der Waals surface area (Å²) in [4.78, 5) is 6.60. The number of ether oxygens (including phenoxy) is 1. The molecule has 0 unspecified atom stereocenters. The van der Waals surface area contributed by atoms with Crippen LogP contribution in [0.4, 0.5) is 0 Å². The number of benzene rings is 1. The van der Waals surface area contributed by atoms with Gasteiger partial charge in [0.2, 0.25) is 0 Å². The molecule has 0 fully saturated rings. The molecule has 0 N–H and O–H groups in total. The molecule has 0 amide bonds. The number of pyridine rings is 1. The lowest BCUT2D eigenvalue weighted by Gasteiger charge is -2.24. The second kappa shape index (κ2) is 7.02. The topological polar surface area (TPSA) is 38.5 Å².